The van der Waals surface area contributed by atoms with Crippen molar-refractivity contribution in [1.29, 1.82) is 0 Å². The van der Waals surface area contributed by atoms with Gasteiger partial charge >= 0.3 is 0 Å². The summed E-state index contributed by atoms with van der Waals surface area (Å²) in [6.45, 7) is 4.70. The molecule has 5 nitrogen and oxygen atoms in total. The van der Waals surface area contributed by atoms with Gasteiger partial charge in [0.05, 0.1) is 23.6 Å². The van der Waals surface area contributed by atoms with Crippen LogP contribution >= 0.6 is 0 Å². The summed E-state index contributed by atoms with van der Waals surface area (Å²) in [5.74, 6) is -0.132. The van der Waals surface area contributed by atoms with E-state index in [0.717, 1.165) is 16.7 Å². The van der Waals surface area contributed by atoms with Crippen LogP contribution in [0.3, 0.4) is 0 Å². The number of benzene rings is 2. The van der Waals surface area contributed by atoms with E-state index in [2.05, 4.69) is 0 Å². The first kappa shape index (κ1) is 17.5. The maximum Gasteiger partial charge on any atom is 0.290 e. The molecule has 0 spiro atoms. The number of nitrogens with zero attached hydrogens (tertiary/aromatic N) is 1. The van der Waals surface area contributed by atoms with Gasteiger partial charge in [-0.1, -0.05) is 35.9 Å². The quantitative estimate of drug-likeness (QED) is 0.711. The molecule has 0 saturated carbocycles. The molecule has 1 atom stereocenters. The second kappa shape index (κ2) is 6.67. The second-order valence-electron chi connectivity index (χ2n) is 6.98. The fourth-order valence-corrected chi connectivity index (χ4v) is 3.64. The third kappa shape index (κ3) is 2.84. The van der Waals surface area contributed by atoms with Crippen LogP contribution in [0, 0.1) is 13.8 Å². The Bertz CT molecular complexity index is 1080. The molecule has 0 saturated heterocycles. The predicted molar refractivity (Wildman–Crippen MR) is 103 cm³/mol. The molecule has 5 heteroatoms. The van der Waals surface area contributed by atoms with Crippen LogP contribution in [-0.2, 0) is 4.74 Å². The number of methoxy groups -OCH3 is 1. The molecule has 138 valence electrons. The lowest BCUT2D eigenvalue weighted by Crippen LogP contribution is -2.32. The molecule has 2 aromatic carbocycles. The van der Waals surface area contributed by atoms with Crippen molar-refractivity contribution < 1.29 is 13.9 Å². The van der Waals surface area contributed by atoms with Gasteiger partial charge in [0.15, 0.2) is 5.43 Å². The molecule has 27 heavy (non-hydrogen) atoms. The van der Waals surface area contributed by atoms with Gasteiger partial charge in [0.1, 0.15) is 5.58 Å². The molecular weight excluding hydrogens is 342 g/mol. The Morgan fingerprint density at radius 2 is 1.74 bits per heavy atom. The number of carbonyl (C=O) groups is 1. The van der Waals surface area contributed by atoms with Crippen molar-refractivity contribution in [2.45, 2.75) is 19.9 Å². The summed E-state index contributed by atoms with van der Waals surface area (Å²) < 4.78 is 11.1. The SMILES string of the molecule is COCCN1C(=O)c2oc3cc(C)ccc3c(=O)c2[C@@H]1c1ccc(C)cc1. The van der Waals surface area contributed by atoms with Gasteiger partial charge in [0.25, 0.3) is 5.91 Å². The Hall–Kier alpha value is -2.92. The van der Waals surface area contributed by atoms with E-state index in [1.165, 1.54) is 0 Å². The Kier molecular flexibility index (Phi) is 4.32. The summed E-state index contributed by atoms with van der Waals surface area (Å²) >= 11 is 0. The van der Waals surface area contributed by atoms with Crippen LogP contribution in [0.15, 0.2) is 51.7 Å². The minimum Gasteiger partial charge on any atom is -0.450 e. The van der Waals surface area contributed by atoms with E-state index >= 15 is 0 Å². The molecule has 0 unspecified atom stereocenters. The monoisotopic (exact) mass is 363 g/mol. The number of rotatable bonds is 4. The van der Waals surface area contributed by atoms with E-state index in [4.69, 9.17) is 9.15 Å². The minimum atomic E-state index is -0.467. The summed E-state index contributed by atoms with van der Waals surface area (Å²) in [5.41, 5.74) is 3.70. The molecule has 2 heterocycles. The number of hydrogen-bond donors (Lipinski definition) is 0. The van der Waals surface area contributed by atoms with Crippen molar-refractivity contribution in [2.75, 3.05) is 20.3 Å². The van der Waals surface area contributed by atoms with E-state index in [-0.39, 0.29) is 17.1 Å². The number of carbonyl (C=O) groups excluding carboxylic acids is 1. The number of amides is 1. The van der Waals surface area contributed by atoms with Crippen LogP contribution in [0.5, 0.6) is 0 Å². The van der Waals surface area contributed by atoms with Crippen molar-refractivity contribution in [1.82, 2.24) is 4.90 Å². The maximum atomic E-state index is 13.3. The van der Waals surface area contributed by atoms with Crippen LogP contribution in [-0.4, -0.2) is 31.1 Å². The van der Waals surface area contributed by atoms with Gasteiger partial charge in [-0.3, -0.25) is 9.59 Å². The predicted octanol–water partition coefficient (Wildman–Crippen LogP) is 3.60. The minimum absolute atomic E-state index is 0.139. The first-order valence-corrected chi connectivity index (χ1v) is 8.95. The smallest absolute Gasteiger partial charge is 0.290 e. The van der Waals surface area contributed by atoms with Gasteiger partial charge in [-0.15, -0.1) is 0 Å². The Balaban J connectivity index is 1.96. The van der Waals surface area contributed by atoms with Crippen molar-refractivity contribution in [3.05, 3.63) is 80.7 Å². The molecule has 0 N–H and O–H groups in total. The van der Waals surface area contributed by atoms with Gasteiger partial charge < -0.3 is 14.1 Å². The lowest BCUT2D eigenvalue weighted by Gasteiger charge is -2.24. The molecule has 1 aliphatic rings. The summed E-state index contributed by atoms with van der Waals surface area (Å²) in [4.78, 5) is 28.0. The highest BCUT2D eigenvalue weighted by Crippen LogP contribution is 2.38. The number of ether oxygens (including phenoxy) is 1. The molecule has 0 aliphatic carbocycles. The van der Waals surface area contributed by atoms with Crippen LogP contribution in [0.2, 0.25) is 0 Å². The lowest BCUT2D eigenvalue weighted by molar-refractivity contribution is 0.0663. The highest BCUT2D eigenvalue weighted by molar-refractivity contribution is 5.99. The Morgan fingerprint density at radius 1 is 1.04 bits per heavy atom. The lowest BCUT2D eigenvalue weighted by atomic mass is 9.97. The normalized spacial score (nSPS) is 16.2. The Labute approximate surface area is 157 Å². The van der Waals surface area contributed by atoms with E-state index in [1.54, 1.807) is 24.1 Å². The van der Waals surface area contributed by atoms with E-state index < -0.39 is 6.04 Å². The summed E-state index contributed by atoms with van der Waals surface area (Å²) in [6.07, 6.45) is 0. The standard InChI is InChI=1S/C22H21NO4/c1-13-4-7-15(8-5-13)19-18-20(24)16-9-6-14(2)12-17(16)27-21(18)22(25)23(19)10-11-26-3/h4-9,12,19H,10-11H2,1-3H3/t19-/m0/s1. The third-order valence-electron chi connectivity index (χ3n) is 5.05. The first-order chi connectivity index (χ1) is 13.0. The largest absolute Gasteiger partial charge is 0.450 e. The highest BCUT2D eigenvalue weighted by Gasteiger charge is 2.42. The average molecular weight is 363 g/mol. The molecule has 3 aromatic rings. The molecule has 0 bridgehead atoms. The van der Waals surface area contributed by atoms with E-state index in [9.17, 15) is 9.59 Å². The molecule has 4 rings (SSSR count). The molecule has 0 radical (unpaired) electrons. The number of aryl methyl sites for hydroxylation is 2. The highest BCUT2D eigenvalue weighted by atomic mass is 16.5. The fraction of sp³-hybridized carbons (Fsp3) is 0.273. The van der Waals surface area contributed by atoms with Crippen LogP contribution in [0.1, 0.15) is 38.9 Å². The van der Waals surface area contributed by atoms with Gasteiger partial charge in [0.2, 0.25) is 5.76 Å². The van der Waals surface area contributed by atoms with Gasteiger partial charge in [-0.05, 0) is 37.1 Å². The summed E-state index contributed by atoms with van der Waals surface area (Å²) in [7, 11) is 1.59. The second-order valence-corrected chi connectivity index (χ2v) is 6.98. The molecule has 1 aromatic heterocycles. The molecule has 0 fully saturated rings. The third-order valence-corrected chi connectivity index (χ3v) is 5.05. The van der Waals surface area contributed by atoms with E-state index in [0.29, 0.717) is 29.7 Å². The molecular formula is C22H21NO4. The number of hydrogen-bond acceptors (Lipinski definition) is 4. The Morgan fingerprint density at radius 3 is 2.44 bits per heavy atom. The number of fused-ring (bicyclic) bond motifs is 2. The van der Waals surface area contributed by atoms with Gasteiger partial charge in [0, 0.05) is 13.7 Å². The zero-order valence-corrected chi connectivity index (χ0v) is 15.6. The summed E-state index contributed by atoms with van der Waals surface area (Å²) in [6, 6.07) is 12.9. The zero-order chi connectivity index (χ0) is 19.1. The maximum absolute atomic E-state index is 13.3. The van der Waals surface area contributed by atoms with Gasteiger partial charge in [-0.25, -0.2) is 0 Å². The van der Waals surface area contributed by atoms with Crippen LogP contribution < -0.4 is 5.43 Å². The topological polar surface area (TPSA) is 59.8 Å². The summed E-state index contributed by atoms with van der Waals surface area (Å²) in [5, 5.41) is 0.498. The molecule has 1 aliphatic heterocycles. The van der Waals surface area contributed by atoms with Crippen LogP contribution in [0.25, 0.3) is 11.0 Å². The van der Waals surface area contributed by atoms with E-state index in [1.807, 2.05) is 44.2 Å². The zero-order valence-electron chi connectivity index (χ0n) is 15.6. The van der Waals surface area contributed by atoms with Crippen LogP contribution in [0.4, 0.5) is 0 Å². The fourth-order valence-electron chi connectivity index (χ4n) is 3.64. The van der Waals surface area contributed by atoms with Crippen molar-refractivity contribution in [3.8, 4) is 0 Å². The van der Waals surface area contributed by atoms with Crippen molar-refractivity contribution in [2.24, 2.45) is 0 Å². The molecule has 1 amide bonds. The first-order valence-electron chi connectivity index (χ1n) is 8.95. The van der Waals surface area contributed by atoms with Gasteiger partial charge in [-0.2, -0.15) is 0 Å². The average Bonchev–Trinajstić information content (AvgIpc) is 2.93. The van der Waals surface area contributed by atoms with Crippen molar-refractivity contribution in [3.63, 3.8) is 0 Å². The van der Waals surface area contributed by atoms with Crippen molar-refractivity contribution >= 4 is 16.9 Å².